The second kappa shape index (κ2) is 13.4. The summed E-state index contributed by atoms with van der Waals surface area (Å²) in [7, 11) is 0. The summed E-state index contributed by atoms with van der Waals surface area (Å²) >= 11 is 1.37. The molecule has 0 N–H and O–H groups in total. The van der Waals surface area contributed by atoms with Crippen LogP contribution in [0.1, 0.15) is 49.7 Å². The normalized spacial score (nSPS) is 15.1. The molecule has 0 nitrogen and oxygen atoms in total. The van der Waals surface area contributed by atoms with Gasteiger partial charge < -0.3 is 24.8 Å². The van der Waals surface area contributed by atoms with Crippen LogP contribution in [0.5, 0.6) is 0 Å². The fraction of sp³-hybridized carbons (Fsp3) is 0.292. The van der Waals surface area contributed by atoms with Gasteiger partial charge in [-0.15, -0.1) is 12.0 Å². The van der Waals surface area contributed by atoms with Crippen LogP contribution in [-0.4, -0.2) is 3.26 Å². The topological polar surface area (TPSA) is 0 Å². The first kappa shape index (κ1) is 24.3. The van der Waals surface area contributed by atoms with E-state index >= 15 is 0 Å². The van der Waals surface area contributed by atoms with Gasteiger partial charge in [-0.05, 0) is 6.42 Å². The van der Waals surface area contributed by atoms with E-state index in [1.165, 1.54) is 78.3 Å². The van der Waals surface area contributed by atoms with Crippen molar-refractivity contribution in [2.24, 2.45) is 0 Å². The molecule has 0 saturated heterocycles. The minimum atomic E-state index is 0. The number of halogens is 2. The van der Waals surface area contributed by atoms with Gasteiger partial charge in [0.15, 0.2) is 0 Å². The number of hydrogen-bond acceptors (Lipinski definition) is 0. The van der Waals surface area contributed by atoms with Gasteiger partial charge in [0.25, 0.3) is 0 Å². The average molecular weight is 562 g/mol. The molecule has 0 spiro atoms. The van der Waals surface area contributed by atoms with Crippen LogP contribution in [0.15, 0.2) is 60.7 Å². The number of fused-ring (bicyclic) bond motifs is 3. The van der Waals surface area contributed by atoms with Gasteiger partial charge in [-0.3, -0.25) is 6.08 Å². The maximum Gasteiger partial charge on any atom is -0.0253 e. The molecule has 27 heavy (non-hydrogen) atoms. The average Bonchev–Trinajstić information content (AvgIpc) is 3.34. The van der Waals surface area contributed by atoms with Gasteiger partial charge in [0.05, 0.1) is 0 Å². The predicted octanol–water partition coefficient (Wildman–Crippen LogP) is 0.0414. The number of hydrogen-bond donors (Lipinski definition) is 0. The van der Waals surface area contributed by atoms with Crippen molar-refractivity contribution in [2.45, 2.75) is 44.9 Å². The molecule has 2 aromatic rings. The summed E-state index contributed by atoms with van der Waals surface area (Å²) in [5.41, 5.74) is 5.51. The summed E-state index contributed by atoms with van der Waals surface area (Å²) < 4.78 is 1.85. The maximum atomic E-state index is 3.30. The molecule has 0 aromatic heterocycles. The molecule has 0 atom stereocenters. The summed E-state index contributed by atoms with van der Waals surface area (Å²) in [6.45, 7) is 0. The number of benzene rings is 2. The van der Waals surface area contributed by atoms with Crippen molar-refractivity contribution in [3.05, 3.63) is 84.0 Å². The molecular formula is C24H24Cl2Hf-2. The molecule has 1 fully saturated rings. The van der Waals surface area contributed by atoms with E-state index in [2.05, 4.69) is 54.6 Å². The predicted molar refractivity (Wildman–Crippen MR) is 103 cm³/mol. The van der Waals surface area contributed by atoms with Crippen LogP contribution < -0.4 is 24.8 Å². The van der Waals surface area contributed by atoms with Crippen LogP contribution in [0.3, 0.4) is 0 Å². The Bertz CT molecular complexity index is 716. The molecule has 0 unspecified atom stereocenters. The molecule has 3 heteroatoms. The van der Waals surface area contributed by atoms with Crippen molar-refractivity contribution < 1.29 is 48.7 Å². The molecular weight excluding hydrogens is 538 g/mol. The van der Waals surface area contributed by atoms with Crippen LogP contribution in [0.25, 0.3) is 11.1 Å². The van der Waals surface area contributed by atoms with E-state index in [1.807, 2.05) is 21.5 Å². The monoisotopic (exact) mass is 562 g/mol. The Morgan fingerprint density at radius 1 is 0.852 bits per heavy atom. The van der Waals surface area contributed by atoms with Gasteiger partial charge >= 0.3 is 59.3 Å². The van der Waals surface area contributed by atoms with E-state index in [1.54, 1.807) is 0 Å². The summed E-state index contributed by atoms with van der Waals surface area (Å²) in [6.07, 6.45) is 18.4. The van der Waals surface area contributed by atoms with Crippen molar-refractivity contribution in [3.8, 4) is 11.1 Å². The third-order valence-corrected chi connectivity index (χ3v) is 6.46. The zero-order chi connectivity index (χ0) is 17.3. The van der Waals surface area contributed by atoms with Crippen molar-refractivity contribution in [2.75, 3.05) is 0 Å². The van der Waals surface area contributed by atoms with E-state index in [0.717, 1.165) is 12.8 Å². The molecule has 2 aromatic carbocycles. The van der Waals surface area contributed by atoms with Crippen LogP contribution in [0, 0.1) is 12.1 Å². The summed E-state index contributed by atoms with van der Waals surface area (Å²) in [5, 5.41) is 0. The van der Waals surface area contributed by atoms with Gasteiger partial charge in [-0.2, -0.15) is 35.9 Å². The Morgan fingerprint density at radius 2 is 1.59 bits per heavy atom. The van der Waals surface area contributed by atoms with E-state index < -0.39 is 0 Å². The fourth-order valence-corrected chi connectivity index (χ4v) is 4.59. The van der Waals surface area contributed by atoms with Gasteiger partial charge in [0.2, 0.25) is 0 Å². The van der Waals surface area contributed by atoms with Crippen LogP contribution in [-0.2, 0) is 30.3 Å². The van der Waals surface area contributed by atoms with E-state index in [9.17, 15) is 0 Å². The van der Waals surface area contributed by atoms with Gasteiger partial charge in [0, 0.05) is 0 Å². The molecule has 0 amide bonds. The van der Waals surface area contributed by atoms with Gasteiger partial charge in [-0.1, -0.05) is 35.4 Å². The minimum Gasteiger partial charge on any atom is -0.179 e. The van der Waals surface area contributed by atoms with E-state index in [4.69, 9.17) is 0 Å². The largest absolute Gasteiger partial charge is 0.179 e. The second-order valence-electron chi connectivity index (χ2n) is 6.56. The zero-order valence-electron chi connectivity index (χ0n) is 15.5. The maximum absolute atomic E-state index is 3.30. The van der Waals surface area contributed by atoms with Crippen molar-refractivity contribution >= 4 is 3.26 Å². The standard InChI is InChI=1S/C13H9.C6H10.C5H5.2ClH.Hf/c1-3-7-12-10(5-1)9-11-6-2-4-8-13(11)12;1-2-4-6-5-3-1;1-2-4-5-3-1;;;/h1-5,7-8H,9H2;1-5H2;1-3H,4H2;2*1H;/q-1;;-1;;;+2/p-2. The molecule has 0 aliphatic heterocycles. The Labute approximate surface area is 191 Å². The van der Waals surface area contributed by atoms with Crippen molar-refractivity contribution in [1.29, 1.82) is 0 Å². The Hall–Kier alpha value is -0.760. The Kier molecular flexibility index (Phi) is 12.1. The molecule has 3 aliphatic carbocycles. The first-order valence-electron chi connectivity index (χ1n) is 9.20. The SMILES string of the molecule is [C-]1=CC=CC1.[Cl-].[Cl-].[Hf+2]=[C]1CCCCC1.[c-]1cccc2c1Cc1ccccc1-2. The molecule has 5 rings (SSSR count). The van der Waals surface area contributed by atoms with E-state index in [-0.39, 0.29) is 24.8 Å². The van der Waals surface area contributed by atoms with Crippen LogP contribution in [0.2, 0.25) is 0 Å². The second-order valence-corrected chi connectivity index (χ2v) is 9.10. The Balaban J connectivity index is 0.000000223. The summed E-state index contributed by atoms with van der Waals surface area (Å²) in [6, 6.07) is 18.1. The quantitative estimate of drug-likeness (QED) is 0.269. The molecule has 0 heterocycles. The van der Waals surface area contributed by atoms with Crippen LogP contribution >= 0.6 is 0 Å². The molecule has 3 aliphatic rings. The van der Waals surface area contributed by atoms with Crippen molar-refractivity contribution in [3.63, 3.8) is 0 Å². The van der Waals surface area contributed by atoms with E-state index in [0.29, 0.717) is 0 Å². The van der Waals surface area contributed by atoms with Gasteiger partial charge in [-0.25, -0.2) is 12.2 Å². The first-order valence-corrected chi connectivity index (χ1v) is 11.0. The molecule has 0 bridgehead atoms. The minimum absolute atomic E-state index is 0. The fourth-order valence-electron chi connectivity index (χ4n) is 3.32. The summed E-state index contributed by atoms with van der Waals surface area (Å²) in [5.74, 6) is 0. The third kappa shape index (κ3) is 7.64. The summed E-state index contributed by atoms with van der Waals surface area (Å²) in [4.78, 5) is 0. The van der Waals surface area contributed by atoms with Gasteiger partial charge in [0.1, 0.15) is 0 Å². The smallest absolute Gasteiger partial charge is 0.0253 e. The van der Waals surface area contributed by atoms with Crippen molar-refractivity contribution in [1.82, 2.24) is 0 Å². The number of rotatable bonds is 0. The van der Waals surface area contributed by atoms with Crippen LogP contribution in [0.4, 0.5) is 0 Å². The first-order chi connectivity index (χ1) is 12.3. The molecule has 140 valence electrons. The molecule has 0 radical (unpaired) electrons. The Morgan fingerprint density at radius 3 is 2.19 bits per heavy atom. The zero-order valence-corrected chi connectivity index (χ0v) is 20.6. The third-order valence-electron chi connectivity index (χ3n) is 4.66. The molecule has 1 saturated carbocycles. The number of allylic oxidation sites excluding steroid dienone is 4.